The number of ether oxygens (including phenoxy) is 2. The molecule has 0 bridgehead atoms. The Morgan fingerprint density at radius 2 is 2.04 bits per heavy atom. The third-order valence-electron chi connectivity index (χ3n) is 4.12. The zero-order chi connectivity index (χ0) is 17.7. The van der Waals surface area contributed by atoms with E-state index >= 15 is 0 Å². The van der Waals surface area contributed by atoms with Crippen LogP contribution < -0.4 is 9.47 Å². The predicted molar refractivity (Wildman–Crippen MR) is 90.0 cm³/mol. The molecule has 0 saturated heterocycles. The molecule has 0 aliphatic carbocycles. The number of hydrogen-bond acceptors (Lipinski definition) is 6. The third kappa shape index (κ3) is 2.20. The summed E-state index contributed by atoms with van der Waals surface area (Å²) in [6.45, 7) is 0. The highest BCUT2D eigenvalue weighted by Gasteiger charge is 2.31. The van der Waals surface area contributed by atoms with Crippen LogP contribution in [-0.4, -0.2) is 32.7 Å². The standard InChI is InChI=1S/C18H14N2O5/c1-20-8-9(15-11(20)4-6-14(19-15)24-2)7-13-16(22)10-3-5-12(21)17(23)18(10)25-13/h3-8,21,23H,1-2H3/b13-7+. The van der Waals surface area contributed by atoms with Gasteiger partial charge in [-0.3, -0.25) is 4.79 Å². The normalized spacial score (nSPS) is 14.8. The molecule has 25 heavy (non-hydrogen) atoms. The number of benzene rings is 1. The maximum absolute atomic E-state index is 12.5. The van der Waals surface area contributed by atoms with Gasteiger partial charge in [0.2, 0.25) is 17.4 Å². The average Bonchev–Trinajstić information content (AvgIpc) is 3.09. The van der Waals surface area contributed by atoms with Crippen molar-refractivity contribution >= 4 is 22.9 Å². The van der Waals surface area contributed by atoms with Crippen LogP contribution in [0.5, 0.6) is 23.1 Å². The minimum atomic E-state index is -0.452. The number of rotatable bonds is 2. The first-order chi connectivity index (χ1) is 12.0. The number of methoxy groups -OCH3 is 1. The molecule has 0 radical (unpaired) electrons. The fourth-order valence-electron chi connectivity index (χ4n) is 2.86. The van der Waals surface area contributed by atoms with Gasteiger partial charge >= 0.3 is 0 Å². The minimum absolute atomic E-state index is 0.0398. The lowest BCUT2D eigenvalue weighted by atomic mass is 10.1. The number of aromatic hydroxyl groups is 2. The summed E-state index contributed by atoms with van der Waals surface area (Å²) in [5, 5.41) is 19.4. The first kappa shape index (κ1) is 15.1. The maximum atomic E-state index is 12.5. The molecule has 0 unspecified atom stereocenters. The molecule has 0 fully saturated rings. The first-order valence-corrected chi connectivity index (χ1v) is 7.49. The molecule has 1 aliphatic heterocycles. The van der Waals surface area contributed by atoms with Crippen LogP contribution in [0.2, 0.25) is 0 Å². The van der Waals surface area contributed by atoms with Crippen molar-refractivity contribution in [3.05, 3.63) is 47.3 Å². The molecule has 0 spiro atoms. The van der Waals surface area contributed by atoms with Crippen LogP contribution in [0.25, 0.3) is 17.1 Å². The number of nitrogens with zero attached hydrogens (tertiary/aromatic N) is 2. The number of carbonyl (C=O) groups is 1. The smallest absolute Gasteiger partial charge is 0.232 e. The zero-order valence-electron chi connectivity index (χ0n) is 13.5. The molecule has 2 N–H and O–H groups in total. The largest absolute Gasteiger partial charge is 0.504 e. The lowest BCUT2D eigenvalue weighted by molar-refractivity contribution is 0.101. The molecule has 4 rings (SSSR count). The van der Waals surface area contributed by atoms with E-state index in [0.717, 1.165) is 5.52 Å². The van der Waals surface area contributed by atoms with Crippen molar-refractivity contribution in [2.45, 2.75) is 0 Å². The Morgan fingerprint density at radius 1 is 1.24 bits per heavy atom. The number of aromatic nitrogens is 2. The van der Waals surface area contributed by atoms with Gasteiger partial charge < -0.3 is 24.3 Å². The van der Waals surface area contributed by atoms with Gasteiger partial charge in [-0.25, -0.2) is 4.98 Å². The van der Waals surface area contributed by atoms with Gasteiger partial charge in [0.05, 0.1) is 23.7 Å². The van der Waals surface area contributed by atoms with Crippen LogP contribution in [0.3, 0.4) is 0 Å². The lowest BCUT2D eigenvalue weighted by Gasteiger charge is -2.02. The van der Waals surface area contributed by atoms with Gasteiger partial charge in [-0.05, 0) is 24.3 Å². The molecule has 3 aromatic rings. The van der Waals surface area contributed by atoms with Gasteiger partial charge in [-0.2, -0.15) is 0 Å². The lowest BCUT2D eigenvalue weighted by Crippen LogP contribution is -1.98. The van der Waals surface area contributed by atoms with Crippen molar-refractivity contribution in [2.75, 3.05) is 7.11 Å². The number of Topliss-reactive ketones (excluding diaryl/α,β-unsaturated/α-hetero) is 1. The van der Waals surface area contributed by atoms with Gasteiger partial charge in [0.25, 0.3) is 0 Å². The van der Waals surface area contributed by atoms with Crippen LogP contribution in [0.1, 0.15) is 15.9 Å². The highest BCUT2D eigenvalue weighted by Crippen LogP contribution is 2.44. The van der Waals surface area contributed by atoms with E-state index in [0.29, 0.717) is 17.0 Å². The molecule has 3 heterocycles. The molecule has 2 aromatic heterocycles. The van der Waals surface area contributed by atoms with Crippen molar-refractivity contribution in [3.63, 3.8) is 0 Å². The van der Waals surface area contributed by atoms with E-state index in [1.807, 2.05) is 23.9 Å². The number of ketones is 1. The van der Waals surface area contributed by atoms with E-state index in [2.05, 4.69) is 4.98 Å². The van der Waals surface area contributed by atoms with Crippen molar-refractivity contribution in [1.29, 1.82) is 0 Å². The number of phenolic OH excluding ortho intramolecular Hbond substituents is 2. The Balaban J connectivity index is 1.84. The number of phenols is 2. The number of hydrogen-bond donors (Lipinski definition) is 2. The highest BCUT2D eigenvalue weighted by atomic mass is 16.5. The van der Waals surface area contributed by atoms with Crippen molar-refractivity contribution in [1.82, 2.24) is 9.55 Å². The van der Waals surface area contributed by atoms with E-state index < -0.39 is 5.75 Å². The van der Waals surface area contributed by atoms with Crippen LogP contribution in [0.4, 0.5) is 0 Å². The summed E-state index contributed by atoms with van der Waals surface area (Å²) in [6, 6.07) is 6.30. The monoisotopic (exact) mass is 338 g/mol. The van der Waals surface area contributed by atoms with Crippen LogP contribution >= 0.6 is 0 Å². The van der Waals surface area contributed by atoms with Crippen LogP contribution in [0.15, 0.2) is 36.2 Å². The molecule has 1 aliphatic rings. The second-order valence-electron chi connectivity index (χ2n) is 5.67. The summed E-state index contributed by atoms with van der Waals surface area (Å²) in [5.74, 6) is -0.695. The molecule has 7 heteroatoms. The minimum Gasteiger partial charge on any atom is -0.504 e. The number of fused-ring (bicyclic) bond motifs is 2. The fraction of sp³-hybridized carbons (Fsp3) is 0.111. The number of aryl methyl sites for hydroxylation is 1. The van der Waals surface area contributed by atoms with E-state index in [1.54, 1.807) is 12.1 Å². The first-order valence-electron chi connectivity index (χ1n) is 7.49. The molecular weight excluding hydrogens is 324 g/mol. The summed E-state index contributed by atoms with van der Waals surface area (Å²) in [5.41, 5.74) is 2.41. The fourth-order valence-corrected chi connectivity index (χ4v) is 2.86. The molecule has 126 valence electrons. The van der Waals surface area contributed by atoms with Gasteiger partial charge in [0.15, 0.2) is 17.3 Å². The summed E-state index contributed by atoms with van der Waals surface area (Å²) in [4.78, 5) is 16.9. The Bertz CT molecular complexity index is 1070. The third-order valence-corrected chi connectivity index (χ3v) is 4.12. The number of pyridine rings is 1. The Hall–Kier alpha value is -3.48. The summed E-state index contributed by atoms with van der Waals surface area (Å²) in [7, 11) is 3.40. The molecule has 1 aromatic carbocycles. The molecular formula is C18H14N2O5. The van der Waals surface area contributed by atoms with Crippen molar-refractivity contribution in [3.8, 4) is 23.1 Å². The van der Waals surface area contributed by atoms with Crippen molar-refractivity contribution < 1.29 is 24.5 Å². The Morgan fingerprint density at radius 3 is 2.80 bits per heavy atom. The topological polar surface area (TPSA) is 93.8 Å². The second kappa shape index (κ2) is 5.27. The summed E-state index contributed by atoms with van der Waals surface area (Å²) < 4.78 is 12.5. The SMILES string of the molecule is COc1ccc2c(n1)c(/C=C1/Oc3c(ccc(O)c3O)C1=O)cn2C. The highest BCUT2D eigenvalue weighted by molar-refractivity contribution is 6.15. The van der Waals surface area contributed by atoms with Crippen molar-refractivity contribution in [2.24, 2.45) is 7.05 Å². The molecule has 0 amide bonds. The Kier molecular flexibility index (Phi) is 3.18. The maximum Gasteiger partial charge on any atom is 0.232 e. The number of allylic oxidation sites excluding steroid dienone is 1. The van der Waals surface area contributed by atoms with Crippen LogP contribution in [0, 0.1) is 0 Å². The van der Waals surface area contributed by atoms with Gasteiger partial charge in [-0.1, -0.05) is 0 Å². The zero-order valence-corrected chi connectivity index (χ0v) is 13.5. The molecule has 7 nitrogen and oxygen atoms in total. The predicted octanol–water partition coefficient (Wildman–Crippen LogP) is 2.61. The van der Waals surface area contributed by atoms with Gasteiger partial charge in [0, 0.05) is 24.9 Å². The average molecular weight is 338 g/mol. The summed E-state index contributed by atoms with van der Waals surface area (Å²) in [6.07, 6.45) is 3.38. The quantitative estimate of drug-likeness (QED) is 0.551. The number of carbonyl (C=O) groups excluding carboxylic acids is 1. The van der Waals surface area contributed by atoms with E-state index in [4.69, 9.17) is 9.47 Å². The van der Waals surface area contributed by atoms with E-state index in [1.165, 1.54) is 19.2 Å². The van der Waals surface area contributed by atoms with Gasteiger partial charge in [-0.15, -0.1) is 0 Å². The molecule has 0 atom stereocenters. The van der Waals surface area contributed by atoms with Crippen LogP contribution in [-0.2, 0) is 7.05 Å². The molecule has 0 saturated carbocycles. The van der Waals surface area contributed by atoms with Gasteiger partial charge in [0.1, 0.15) is 0 Å². The van der Waals surface area contributed by atoms with E-state index in [-0.39, 0.29) is 28.6 Å². The second-order valence-corrected chi connectivity index (χ2v) is 5.67. The summed E-state index contributed by atoms with van der Waals surface area (Å²) >= 11 is 0. The van der Waals surface area contributed by atoms with E-state index in [9.17, 15) is 15.0 Å². The Labute approximate surface area is 142 Å².